The number of urea groups is 1. The summed E-state index contributed by atoms with van der Waals surface area (Å²) in [5.41, 5.74) is 2.79. The highest BCUT2D eigenvalue weighted by Gasteiger charge is 2.27. The number of halogens is 1. The van der Waals surface area contributed by atoms with E-state index in [1.54, 1.807) is 11.3 Å². The summed E-state index contributed by atoms with van der Waals surface area (Å²) >= 11 is 8.14. The Bertz CT molecular complexity index is 875. The van der Waals surface area contributed by atoms with E-state index in [2.05, 4.69) is 37.1 Å². The van der Waals surface area contributed by atoms with Gasteiger partial charge in [0.2, 0.25) is 0 Å². The molecule has 1 aromatic carbocycles. The van der Waals surface area contributed by atoms with Gasteiger partial charge in [0.05, 0.1) is 12.3 Å². The molecule has 0 spiro atoms. The van der Waals surface area contributed by atoms with Crippen LogP contribution in [0.3, 0.4) is 0 Å². The standard InChI is InChI=1S/C22H29ClN4OS/c1-4-16-15-18-20(17-9-7-8-10-19(17)23)24-12-14-27(21(18)29-16)22(28)25-11-13-26(5-2)6-3/h7-10,15H,4-6,11-14H2,1-3H3,(H,25,28). The number of aliphatic imine (C=N–C) groups is 1. The van der Waals surface area contributed by atoms with Gasteiger partial charge < -0.3 is 10.2 Å². The van der Waals surface area contributed by atoms with Crippen LogP contribution in [0.1, 0.15) is 36.8 Å². The maximum Gasteiger partial charge on any atom is 0.322 e. The maximum atomic E-state index is 13.0. The number of hydrogen-bond acceptors (Lipinski definition) is 4. The van der Waals surface area contributed by atoms with Gasteiger partial charge >= 0.3 is 6.03 Å². The molecule has 1 aromatic heterocycles. The van der Waals surface area contributed by atoms with Crippen molar-refractivity contribution in [2.75, 3.05) is 44.2 Å². The number of aryl methyl sites for hydroxylation is 1. The van der Waals surface area contributed by atoms with E-state index >= 15 is 0 Å². The average Bonchev–Trinajstić information content (AvgIpc) is 3.08. The summed E-state index contributed by atoms with van der Waals surface area (Å²) in [5, 5.41) is 4.72. The topological polar surface area (TPSA) is 47.9 Å². The fraction of sp³-hybridized carbons (Fsp3) is 0.455. The molecular weight excluding hydrogens is 404 g/mol. The lowest BCUT2D eigenvalue weighted by Crippen LogP contribution is -2.44. The number of hydrogen-bond donors (Lipinski definition) is 1. The number of nitrogens with zero attached hydrogens (tertiary/aromatic N) is 3. The summed E-state index contributed by atoms with van der Waals surface area (Å²) in [6.07, 6.45) is 0.922. The number of fused-ring (bicyclic) bond motifs is 1. The van der Waals surface area contributed by atoms with Crippen molar-refractivity contribution in [3.63, 3.8) is 0 Å². The van der Waals surface area contributed by atoms with Crippen molar-refractivity contribution >= 4 is 39.7 Å². The number of carbonyl (C=O) groups excluding carboxylic acids is 1. The van der Waals surface area contributed by atoms with Gasteiger partial charge in [-0.1, -0.05) is 50.6 Å². The minimum Gasteiger partial charge on any atom is -0.336 e. The van der Waals surface area contributed by atoms with Gasteiger partial charge in [-0.15, -0.1) is 11.3 Å². The van der Waals surface area contributed by atoms with E-state index in [1.165, 1.54) is 4.88 Å². The monoisotopic (exact) mass is 432 g/mol. The Balaban J connectivity index is 1.86. The maximum absolute atomic E-state index is 13.0. The third-order valence-corrected chi connectivity index (χ3v) is 6.81. The normalized spacial score (nSPS) is 13.8. The number of amides is 2. The molecule has 0 saturated carbocycles. The largest absolute Gasteiger partial charge is 0.336 e. The van der Waals surface area contributed by atoms with Gasteiger partial charge in [-0.25, -0.2) is 4.79 Å². The zero-order valence-electron chi connectivity index (χ0n) is 17.4. The van der Waals surface area contributed by atoms with Gasteiger partial charge in [-0.3, -0.25) is 9.89 Å². The van der Waals surface area contributed by atoms with Crippen LogP contribution in [0.25, 0.3) is 0 Å². The third-order valence-electron chi connectivity index (χ3n) is 5.18. The Morgan fingerprint density at radius 2 is 2.00 bits per heavy atom. The van der Waals surface area contributed by atoms with Crippen molar-refractivity contribution in [3.8, 4) is 0 Å². The minimum absolute atomic E-state index is 0.0569. The molecular formula is C22H29ClN4OS. The summed E-state index contributed by atoms with van der Waals surface area (Å²) < 4.78 is 0. The van der Waals surface area contributed by atoms with Crippen molar-refractivity contribution in [1.82, 2.24) is 10.2 Å². The smallest absolute Gasteiger partial charge is 0.322 e. The van der Waals surface area contributed by atoms with Crippen LogP contribution in [0.5, 0.6) is 0 Å². The zero-order valence-corrected chi connectivity index (χ0v) is 18.9. The molecule has 2 aromatic rings. The molecule has 3 rings (SSSR count). The Labute approximate surface area is 182 Å². The third kappa shape index (κ3) is 5.00. The number of nitrogens with one attached hydrogen (secondary N) is 1. The van der Waals surface area contributed by atoms with Crippen LogP contribution in [-0.4, -0.2) is 55.9 Å². The second-order valence-corrected chi connectivity index (χ2v) is 8.43. The average molecular weight is 433 g/mol. The van der Waals surface area contributed by atoms with Crippen LogP contribution in [0.2, 0.25) is 5.02 Å². The first-order valence-corrected chi connectivity index (χ1v) is 11.5. The number of likely N-dealkylation sites (N-methyl/N-ethyl adjacent to an activating group) is 1. The molecule has 0 atom stereocenters. The lowest BCUT2D eigenvalue weighted by Gasteiger charge is -2.23. The van der Waals surface area contributed by atoms with Crippen molar-refractivity contribution < 1.29 is 4.79 Å². The number of anilines is 1. The van der Waals surface area contributed by atoms with Gasteiger partial charge in [0.15, 0.2) is 0 Å². The fourth-order valence-corrected chi connectivity index (χ4v) is 4.80. The van der Waals surface area contributed by atoms with Crippen LogP contribution in [0.15, 0.2) is 35.3 Å². The predicted molar refractivity (Wildman–Crippen MR) is 124 cm³/mol. The molecule has 1 N–H and O–H groups in total. The first-order chi connectivity index (χ1) is 14.1. The van der Waals surface area contributed by atoms with Crippen LogP contribution in [-0.2, 0) is 6.42 Å². The number of benzene rings is 1. The molecule has 156 valence electrons. The number of carbonyl (C=O) groups is 1. The molecule has 0 aliphatic carbocycles. The summed E-state index contributed by atoms with van der Waals surface area (Å²) in [5.74, 6) is 0. The Kier molecular flexibility index (Phi) is 7.70. The molecule has 0 saturated heterocycles. The van der Waals surface area contributed by atoms with Crippen molar-refractivity contribution in [3.05, 3.63) is 51.4 Å². The van der Waals surface area contributed by atoms with Crippen LogP contribution < -0.4 is 10.2 Å². The quantitative estimate of drug-likeness (QED) is 0.690. The predicted octanol–water partition coefficient (Wildman–Crippen LogP) is 4.67. The number of thiophene rings is 1. The minimum atomic E-state index is -0.0569. The molecule has 7 heteroatoms. The molecule has 5 nitrogen and oxygen atoms in total. The lowest BCUT2D eigenvalue weighted by molar-refractivity contribution is 0.242. The second-order valence-electron chi connectivity index (χ2n) is 6.91. The highest BCUT2D eigenvalue weighted by atomic mass is 35.5. The highest BCUT2D eigenvalue weighted by molar-refractivity contribution is 7.16. The molecule has 29 heavy (non-hydrogen) atoms. The van der Waals surface area contributed by atoms with Gasteiger partial charge in [0.1, 0.15) is 5.00 Å². The first-order valence-electron chi connectivity index (χ1n) is 10.3. The van der Waals surface area contributed by atoms with Crippen molar-refractivity contribution in [1.29, 1.82) is 0 Å². The molecule has 0 bridgehead atoms. The summed E-state index contributed by atoms with van der Waals surface area (Å²) in [6.45, 7) is 11.0. The summed E-state index contributed by atoms with van der Waals surface area (Å²) in [7, 11) is 0. The van der Waals surface area contributed by atoms with Gasteiger partial charge in [0.25, 0.3) is 0 Å². The first kappa shape index (κ1) is 21.8. The van der Waals surface area contributed by atoms with Crippen LogP contribution >= 0.6 is 22.9 Å². The zero-order chi connectivity index (χ0) is 20.8. The molecule has 0 fully saturated rings. The van der Waals surface area contributed by atoms with E-state index in [-0.39, 0.29) is 6.03 Å². The van der Waals surface area contributed by atoms with E-state index < -0.39 is 0 Å². The summed E-state index contributed by atoms with van der Waals surface area (Å²) in [6, 6.07) is 9.87. The second kappa shape index (κ2) is 10.2. The van der Waals surface area contributed by atoms with Crippen molar-refractivity contribution in [2.45, 2.75) is 27.2 Å². The molecule has 2 amide bonds. The Morgan fingerprint density at radius 1 is 1.24 bits per heavy atom. The molecule has 1 aliphatic heterocycles. The Morgan fingerprint density at radius 3 is 2.69 bits per heavy atom. The van der Waals surface area contributed by atoms with Crippen LogP contribution in [0, 0.1) is 0 Å². The molecule has 0 unspecified atom stereocenters. The molecule has 2 heterocycles. The number of rotatable bonds is 7. The highest BCUT2D eigenvalue weighted by Crippen LogP contribution is 2.36. The van der Waals surface area contributed by atoms with Gasteiger partial charge in [0, 0.05) is 40.7 Å². The van der Waals surface area contributed by atoms with Gasteiger partial charge in [-0.05, 0) is 31.6 Å². The van der Waals surface area contributed by atoms with E-state index in [4.69, 9.17) is 16.6 Å². The van der Waals surface area contributed by atoms with E-state index in [1.807, 2.05) is 29.2 Å². The van der Waals surface area contributed by atoms with E-state index in [0.29, 0.717) is 24.7 Å². The van der Waals surface area contributed by atoms with E-state index in [9.17, 15) is 4.79 Å². The SMILES string of the molecule is CCc1cc2c(s1)N(C(=O)NCCN(CC)CC)CCN=C2c1ccccc1Cl. The molecule has 0 radical (unpaired) electrons. The summed E-state index contributed by atoms with van der Waals surface area (Å²) in [4.78, 5) is 23.2. The van der Waals surface area contributed by atoms with Crippen molar-refractivity contribution in [2.24, 2.45) is 4.99 Å². The lowest BCUT2D eigenvalue weighted by atomic mass is 10.0. The van der Waals surface area contributed by atoms with Gasteiger partial charge in [-0.2, -0.15) is 0 Å². The van der Waals surface area contributed by atoms with E-state index in [0.717, 1.165) is 47.9 Å². The Hall–Kier alpha value is -1.89. The molecule has 1 aliphatic rings. The fourth-order valence-electron chi connectivity index (χ4n) is 3.46. The van der Waals surface area contributed by atoms with Crippen LogP contribution in [0.4, 0.5) is 9.80 Å².